The summed E-state index contributed by atoms with van der Waals surface area (Å²) < 4.78 is 5.99. The molecule has 0 amide bonds. The molecule has 0 saturated heterocycles. The molecule has 0 unspecified atom stereocenters. The molecular formula is C20H18O4. The SMILES string of the molecule is O=Cc1ccc(C2C3=C(CCCC3=O)OC3=C2C(=O)CCC3)cc1. The number of hydrogen-bond donors (Lipinski definition) is 0. The number of ketones is 2. The average Bonchev–Trinajstić information content (AvgIpc) is 2.61. The highest BCUT2D eigenvalue weighted by Crippen LogP contribution is 2.47. The minimum Gasteiger partial charge on any atom is -0.465 e. The van der Waals surface area contributed by atoms with Crippen LogP contribution in [0.2, 0.25) is 0 Å². The third-order valence-electron chi connectivity index (χ3n) is 5.05. The van der Waals surface area contributed by atoms with Gasteiger partial charge in [0.2, 0.25) is 0 Å². The van der Waals surface area contributed by atoms with Crippen molar-refractivity contribution in [2.75, 3.05) is 0 Å². The molecule has 0 N–H and O–H groups in total. The van der Waals surface area contributed by atoms with Gasteiger partial charge in [-0.3, -0.25) is 14.4 Å². The second kappa shape index (κ2) is 5.86. The number of Topliss-reactive ketones (excluding diaryl/α,β-unsaturated/α-hetero) is 2. The summed E-state index contributed by atoms with van der Waals surface area (Å²) in [6.07, 6.45) is 4.88. The number of carbonyl (C=O) groups is 3. The molecule has 4 rings (SSSR count). The Morgan fingerprint density at radius 2 is 1.38 bits per heavy atom. The van der Waals surface area contributed by atoms with Gasteiger partial charge in [0, 0.05) is 48.3 Å². The highest BCUT2D eigenvalue weighted by Gasteiger charge is 2.41. The largest absolute Gasteiger partial charge is 0.465 e. The monoisotopic (exact) mass is 322 g/mol. The van der Waals surface area contributed by atoms with Crippen LogP contribution in [0.15, 0.2) is 46.9 Å². The Morgan fingerprint density at radius 3 is 1.88 bits per heavy atom. The first-order valence-electron chi connectivity index (χ1n) is 8.44. The molecule has 122 valence electrons. The van der Waals surface area contributed by atoms with Crippen molar-refractivity contribution in [1.29, 1.82) is 0 Å². The first kappa shape index (κ1) is 15.1. The molecule has 0 aromatic heterocycles. The summed E-state index contributed by atoms with van der Waals surface area (Å²) in [6, 6.07) is 7.16. The van der Waals surface area contributed by atoms with Gasteiger partial charge in [-0.2, -0.15) is 0 Å². The first-order chi connectivity index (χ1) is 11.7. The minimum atomic E-state index is -0.343. The Morgan fingerprint density at radius 1 is 0.833 bits per heavy atom. The molecule has 4 nitrogen and oxygen atoms in total. The lowest BCUT2D eigenvalue weighted by atomic mass is 9.73. The van der Waals surface area contributed by atoms with Gasteiger partial charge in [0.1, 0.15) is 17.8 Å². The van der Waals surface area contributed by atoms with Crippen LogP contribution in [0.4, 0.5) is 0 Å². The summed E-state index contributed by atoms with van der Waals surface area (Å²) in [5.41, 5.74) is 2.76. The maximum absolute atomic E-state index is 12.6. The van der Waals surface area contributed by atoms with Gasteiger partial charge in [0.25, 0.3) is 0 Å². The van der Waals surface area contributed by atoms with Crippen molar-refractivity contribution in [1.82, 2.24) is 0 Å². The predicted octanol–water partition coefficient (Wildman–Crippen LogP) is 3.63. The Bertz CT molecular complexity index is 753. The number of allylic oxidation sites excluding steroid dienone is 4. The number of rotatable bonds is 2. The van der Waals surface area contributed by atoms with Crippen LogP contribution in [0.1, 0.15) is 60.4 Å². The van der Waals surface area contributed by atoms with Crippen LogP contribution in [0, 0.1) is 0 Å². The number of ether oxygens (including phenoxy) is 1. The van der Waals surface area contributed by atoms with Gasteiger partial charge in [-0.15, -0.1) is 0 Å². The van der Waals surface area contributed by atoms with Crippen molar-refractivity contribution in [2.24, 2.45) is 0 Å². The van der Waals surface area contributed by atoms with Crippen LogP contribution in [-0.4, -0.2) is 17.9 Å². The molecule has 0 bridgehead atoms. The van der Waals surface area contributed by atoms with Crippen molar-refractivity contribution in [3.8, 4) is 0 Å². The molecule has 1 aromatic carbocycles. The second-order valence-corrected chi connectivity index (χ2v) is 6.55. The lowest BCUT2D eigenvalue weighted by Crippen LogP contribution is -2.30. The summed E-state index contributed by atoms with van der Waals surface area (Å²) in [6.45, 7) is 0. The van der Waals surface area contributed by atoms with Crippen molar-refractivity contribution < 1.29 is 19.1 Å². The maximum atomic E-state index is 12.6. The molecule has 0 atom stereocenters. The zero-order valence-corrected chi connectivity index (χ0v) is 13.3. The maximum Gasteiger partial charge on any atom is 0.163 e. The number of hydrogen-bond acceptors (Lipinski definition) is 4. The zero-order chi connectivity index (χ0) is 16.7. The van der Waals surface area contributed by atoms with E-state index < -0.39 is 0 Å². The van der Waals surface area contributed by atoms with Crippen molar-refractivity contribution in [3.05, 3.63) is 58.1 Å². The third kappa shape index (κ3) is 2.33. The van der Waals surface area contributed by atoms with Crippen LogP contribution in [-0.2, 0) is 14.3 Å². The quantitative estimate of drug-likeness (QED) is 0.780. The van der Waals surface area contributed by atoms with Gasteiger partial charge in [-0.1, -0.05) is 24.3 Å². The van der Waals surface area contributed by atoms with Gasteiger partial charge in [0.05, 0.1) is 0 Å². The van der Waals surface area contributed by atoms with E-state index in [0.29, 0.717) is 29.6 Å². The molecule has 3 aliphatic rings. The van der Waals surface area contributed by atoms with E-state index in [1.54, 1.807) is 12.1 Å². The van der Waals surface area contributed by atoms with E-state index in [2.05, 4.69) is 0 Å². The van der Waals surface area contributed by atoms with E-state index in [1.165, 1.54) is 0 Å². The molecule has 1 aliphatic heterocycles. The van der Waals surface area contributed by atoms with Gasteiger partial charge in [-0.05, 0) is 18.4 Å². The fourth-order valence-corrected chi connectivity index (χ4v) is 3.92. The molecule has 0 spiro atoms. The molecular weight excluding hydrogens is 304 g/mol. The molecule has 1 aromatic rings. The van der Waals surface area contributed by atoms with E-state index in [1.807, 2.05) is 12.1 Å². The Hall–Kier alpha value is -2.49. The average molecular weight is 322 g/mol. The zero-order valence-electron chi connectivity index (χ0n) is 13.3. The Kier molecular flexibility index (Phi) is 3.68. The molecule has 24 heavy (non-hydrogen) atoms. The third-order valence-corrected chi connectivity index (χ3v) is 5.05. The van der Waals surface area contributed by atoms with Crippen molar-refractivity contribution in [2.45, 2.75) is 44.4 Å². The normalized spacial score (nSPS) is 21.3. The van der Waals surface area contributed by atoms with Gasteiger partial charge in [0.15, 0.2) is 11.6 Å². The van der Waals surface area contributed by atoms with E-state index >= 15 is 0 Å². The van der Waals surface area contributed by atoms with E-state index in [4.69, 9.17) is 4.74 Å². The molecule has 1 heterocycles. The molecule has 2 aliphatic carbocycles. The molecule has 0 saturated carbocycles. The summed E-state index contributed by atoms with van der Waals surface area (Å²) in [5.74, 6) is 1.29. The van der Waals surface area contributed by atoms with E-state index in [-0.39, 0.29) is 17.5 Å². The van der Waals surface area contributed by atoms with Crippen LogP contribution < -0.4 is 0 Å². The Balaban J connectivity index is 1.88. The number of benzene rings is 1. The minimum absolute atomic E-state index is 0.0747. The molecule has 0 fully saturated rings. The smallest absolute Gasteiger partial charge is 0.163 e. The second-order valence-electron chi connectivity index (χ2n) is 6.55. The van der Waals surface area contributed by atoms with E-state index in [0.717, 1.165) is 49.1 Å². The van der Waals surface area contributed by atoms with Crippen LogP contribution >= 0.6 is 0 Å². The number of aldehydes is 1. The van der Waals surface area contributed by atoms with Crippen LogP contribution in [0.25, 0.3) is 0 Å². The standard InChI is InChI=1S/C20H18O4/c21-11-12-7-9-13(10-8-12)18-19-14(22)3-1-5-16(19)24-17-6-2-4-15(23)20(17)18/h7-11,18H,1-6H2. The summed E-state index contributed by atoms with van der Waals surface area (Å²) in [7, 11) is 0. The summed E-state index contributed by atoms with van der Waals surface area (Å²) >= 11 is 0. The van der Waals surface area contributed by atoms with Crippen molar-refractivity contribution in [3.63, 3.8) is 0 Å². The fourth-order valence-electron chi connectivity index (χ4n) is 3.92. The topological polar surface area (TPSA) is 60.4 Å². The highest BCUT2D eigenvalue weighted by atomic mass is 16.5. The van der Waals surface area contributed by atoms with Crippen molar-refractivity contribution >= 4 is 17.9 Å². The summed E-state index contributed by atoms with van der Waals surface area (Å²) in [4.78, 5) is 36.1. The lowest BCUT2D eigenvalue weighted by molar-refractivity contribution is -0.117. The summed E-state index contributed by atoms with van der Waals surface area (Å²) in [5, 5.41) is 0. The van der Waals surface area contributed by atoms with E-state index in [9.17, 15) is 14.4 Å². The fraction of sp³-hybridized carbons (Fsp3) is 0.350. The van der Waals surface area contributed by atoms with Crippen LogP contribution in [0.3, 0.4) is 0 Å². The highest BCUT2D eigenvalue weighted by molar-refractivity contribution is 6.05. The predicted molar refractivity (Wildman–Crippen MR) is 87.4 cm³/mol. The van der Waals surface area contributed by atoms with Gasteiger partial charge >= 0.3 is 0 Å². The van der Waals surface area contributed by atoms with Gasteiger partial charge < -0.3 is 4.74 Å². The van der Waals surface area contributed by atoms with Crippen LogP contribution in [0.5, 0.6) is 0 Å². The number of carbonyl (C=O) groups excluding carboxylic acids is 3. The molecule has 0 radical (unpaired) electrons. The lowest BCUT2D eigenvalue weighted by Gasteiger charge is -2.36. The molecule has 4 heteroatoms. The Labute approximate surface area is 140 Å². The first-order valence-corrected chi connectivity index (χ1v) is 8.44. The van der Waals surface area contributed by atoms with Gasteiger partial charge in [-0.25, -0.2) is 0 Å².